The number of hydrogen-bond acceptors (Lipinski definition) is 3. The van der Waals surface area contributed by atoms with Crippen LogP contribution in [0.25, 0.3) is 0 Å². The van der Waals surface area contributed by atoms with Gasteiger partial charge in [-0.05, 0) is 19.9 Å². The average Bonchev–Trinajstić information content (AvgIpc) is 2.90. The van der Waals surface area contributed by atoms with Crippen LogP contribution in [0.2, 0.25) is 0 Å². The van der Waals surface area contributed by atoms with E-state index in [-0.39, 0.29) is 0 Å². The van der Waals surface area contributed by atoms with Crippen molar-refractivity contribution in [2.45, 2.75) is 38.1 Å². The predicted octanol–water partition coefficient (Wildman–Crippen LogP) is 0.683. The molecule has 1 saturated heterocycles. The Hall–Kier alpha value is -0.610. The lowest BCUT2D eigenvalue weighted by Gasteiger charge is -2.38. The van der Waals surface area contributed by atoms with E-state index in [9.17, 15) is 4.79 Å². The third-order valence-corrected chi connectivity index (χ3v) is 4.10. The molecule has 0 radical (unpaired) electrons. The van der Waals surface area contributed by atoms with E-state index in [4.69, 9.17) is 0 Å². The van der Waals surface area contributed by atoms with Crippen LogP contribution in [0, 0.1) is 0 Å². The van der Waals surface area contributed by atoms with Gasteiger partial charge in [-0.15, -0.1) is 0 Å². The molecule has 1 aliphatic heterocycles. The largest absolute Gasteiger partial charge is 0.340 e. The SMILES string of the molecule is CNCCC(=O)N1CCN(C2CCCC2)CC1. The molecule has 4 heteroatoms. The second-order valence-electron chi connectivity index (χ2n) is 5.21. The molecule has 2 aliphatic rings. The van der Waals surface area contributed by atoms with Gasteiger partial charge in [0.15, 0.2) is 0 Å². The zero-order chi connectivity index (χ0) is 12.1. The van der Waals surface area contributed by atoms with Gasteiger partial charge in [0.05, 0.1) is 0 Å². The van der Waals surface area contributed by atoms with E-state index >= 15 is 0 Å². The second-order valence-corrected chi connectivity index (χ2v) is 5.21. The minimum absolute atomic E-state index is 0.311. The van der Waals surface area contributed by atoms with Crippen molar-refractivity contribution in [3.63, 3.8) is 0 Å². The standard InChI is InChI=1S/C13H25N3O/c1-14-7-6-13(17)16-10-8-15(9-11-16)12-4-2-3-5-12/h12,14H,2-11H2,1H3. The van der Waals surface area contributed by atoms with Gasteiger partial charge in [-0.25, -0.2) is 0 Å². The van der Waals surface area contributed by atoms with E-state index in [2.05, 4.69) is 10.2 Å². The van der Waals surface area contributed by atoms with Gasteiger partial charge < -0.3 is 10.2 Å². The Kier molecular flexibility index (Phi) is 4.80. The van der Waals surface area contributed by atoms with Gasteiger partial charge in [-0.2, -0.15) is 0 Å². The molecule has 2 fully saturated rings. The summed E-state index contributed by atoms with van der Waals surface area (Å²) in [6.45, 7) is 4.81. The van der Waals surface area contributed by atoms with Crippen LogP contribution in [0.3, 0.4) is 0 Å². The fourth-order valence-electron chi connectivity index (χ4n) is 3.00. The Morgan fingerprint density at radius 1 is 1.18 bits per heavy atom. The molecule has 0 aromatic rings. The van der Waals surface area contributed by atoms with Gasteiger partial charge in [-0.3, -0.25) is 9.69 Å². The normalized spacial score (nSPS) is 23.2. The van der Waals surface area contributed by atoms with Crippen LogP contribution in [-0.4, -0.2) is 61.5 Å². The van der Waals surface area contributed by atoms with Crippen molar-refractivity contribution in [2.24, 2.45) is 0 Å². The van der Waals surface area contributed by atoms with Crippen LogP contribution in [0.5, 0.6) is 0 Å². The lowest BCUT2D eigenvalue weighted by atomic mass is 10.1. The molecule has 1 aliphatic carbocycles. The number of nitrogens with one attached hydrogen (secondary N) is 1. The molecule has 0 aromatic carbocycles. The molecule has 0 bridgehead atoms. The van der Waals surface area contributed by atoms with Crippen molar-refractivity contribution in [1.29, 1.82) is 0 Å². The van der Waals surface area contributed by atoms with E-state index in [0.29, 0.717) is 12.3 Å². The maximum atomic E-state index is 11.9. The summed E-state index contributed by atoms with van der Waals surface area (Å²) >= 11 is 0. The molecule has 0 spiro atoms. The Morgan fingerprint density at radius 3 is 2.41 bits per heavy atom. The summed E-state index contributed by atoms with van der Waals surface area (Å²) in [6, 6.07) is 0.810. The van der Waals surface area contributed by atoms with Crippen LogP contribution >= 0.6 is 0 Å². The Bertz CT molecular complexity index is 243. The van der Waals surface area contributed by atoms with Crippen LogP contribution in [0.15, 0.2) is 0 Å². The predicted molar refractivity (Wildman–Crippen MR) is 69.0 cm³/mol. The molecular formula is C13H25N3O. The number of nitrogens with zero attached hydrogens (tertiary/aromatic N) is 2. The number of rotatable bonds is 4. The molecule has 1 amide bonds. The van der Waals surface area contributed by atoms with E-state index in [1.54, 1.807) is 0 Å². The first-order chi connectivity index (χ1) is 8.31. The van der Waals surface area contributed by atoms with Crippen LogP contribution < -0.4 is 5.32 Å². The van der Waals surface area contributed by atoms with Crippen molar-refractivity contribution in [1.82, 2.24) is 15.1 Å². The summed E-state index contributed by atoms with van der Waals surface area (Å²) in [5.41, 5.74) is 0. The van der Waals surface area contributed by atoms with E-state index < -0.39 is 0 Å². The summed E-state index contributed by atoms with van der Waals surface area (Å²) in [6.07, 6.45) is 6.17. The molecule has 1 N–H and O–H groups in total. The molecule has 98 valence electrons. The number of hydrogen-bond donors (Lipinski definition) is 1. The van der Waals surface area contributed by atoms with Crippen LogP contribution in [-0.2, 0) is 4.79 Å². The van der Waals surface area contributed by atoms with Gasteiger partial charge in [-0.1, -0.05) is 12.8 Å². The molecule has 1 saturated carbocycles. The molecular weight excluding hydrogens is 214 g/mol. The molecule has 0 unspecified atom stereocenters. The third-order valence-electron chi connectivity index (χ3n) is 4.10. The van der Waals surface area contributed by atoms with Gasteiger partial charge in [0, 0.05) is 45.2 Å². The van der Waals surface area contributed by atoms with Gasteiger partial charge in [0.2, 0.25) is 5.91 Å². The zero-order valence-electron chi connectivity index (χ0n) is 11.0. The molecule has 1 heterocycles. The first kappa shape index (κ1) is 12.8. The lowest BCUT2D eigenvalue weighted by molar-refractivity contribution is -0.133. The summed E-state index contributed by atoms with van der Waals surface area (Å²) in [7, 11) is 1.89. The summed E-state index contributed by atoms with van der Waals surface area (Å²) < 4.78 is 0. The Balaban J connectivity index is 1.71. The first-order valence-corrected chi connectivity index (χ1v) is 6.97. The molecule has 2 rings (SSSR count). The molecule has 0 aromatic heterocycles. The van der Waals surface area contributed by atoms with E-state index in [0.717, 1.165) is 38.8 Å². The third kappa shape index (κ3) is 3.42. The van der Waals surface area contributed by atoms with Crippen molar-refractivity contribution in [3.8, 4) is 0 Å². The van der Waals surface area contributed by atoms with E-state index in [1.807, 2.05) is 11.9 Å². The fraction of sp³-hybridized carbons (Fsp3) is 0.923. The second kappa shape index (κ2) is 6.36. The van der Waals surface area contributed by atoms with Crippen LogP contribution in [0.4, 0.5) is 0 Å². The van der Waals surface area contributed by atoms with Crippen LogP contribution in [0.1, 0.15) is 32.1 Å². The minimum atomic E-state index is 0.311. The smallest absolute Gasteiger partial charge is 0.223 e. The highest BCUT2D eigenvalue weighted by Gasteiger charge is 2.27. The zero-order valence-corrected chi connectivity index (χ0v) is 11.0. The van der Waals surface area contributed by atoms with Crippen molar-refractivity contribution < 1.29 is 4.79 Å². The monoisotopic (exact) mass is 239 g/mol. The average molecular weight is 239 g/mol. The number of piperazine rings is 1. The van der Waals surface area contributed by atoms with Crippen molar-refractivity contribution in [2.75, 3.05) is 39.8 Å². The quantitative estimate of drug-likeness (QED) is 0.784. The molecule has 17 heavy (non-hydrogen) atoms. The number of carbonyl (C=O) groups is 1. The van der Waals surface area contributed by atoms with Gasteiger partial charge in [0.1, 0.15) is 0 Å². The Labute approximate surface area is 104 Å². The van der Waals surface area contributed by atoms with Crippen molar-refractivity contribution >= 4 is 5.91 Å². The molecule has 4 nitrogen and oxygen atoms in total. The highest BCUT2D eigenvalue weighted by atomic mass is 16.2. The highest BCUT2D eigenvalue weighted by Crippen LogP contribution is 2.24. The maximum Gasteiger partial charge on any atom is 0.223 e. The fourth-order valence-corrected chi connectivity index (χ4v) is 3.00. The summed E-state index contributed by atoms with van der Waals surface area (Å²) in [5, 5.41) is 3.03. The highest BCUT2D eigenvalue weighted by molar-refractivity contribution is 5.76. The van der Waals surface area contributed by atoms with Gasteiger partial charge in [0.25, 0.3) is 0 Å². The topological polar surface area (TPSA) is 35.6 Å². The van der Waals surface area contributed by atoms with Gasteiger partial charge >= 0.3 is 0 Å². The Morgan fingerprint density at radius 2 is 1.82 bits per heavy atom. The lowest BCUT2D eigenvalue weighted by Crippen LogP contribution is -2.51. The number of carbonyl (C=O) groups excluding carboxylic acids is 1. The van der Waals surface area contributed by atoms with Crippen molar-refractivity contribution in [3.05, 3.63) is 0 Å². The van der Waals surface area contributed by atoms with E-state index in [1.165, 1.54) is 25.7 Å². The number of amides is 1. The maximum absolute atomic E-state index is 11.9. The molecule has 0 atom stereocenters. The minimum Gasteiger partial charge on any atom is -0.340 e. The first-order valence-electron chi connectivity index (χ1n) is 6.97. The summed E-state index contributed by atoms with van der Waals surface area (Å²) in [4.78, 5) is 16.5. The summed E-state index contributed by atoms with van der Waals surface area (Å²) in [5.74, 6) is 0.311.